The highest BCUT2D eigenvalue weighted by molar-refractivity contribution is 8.00. The average molecular weight is 413 g/mol. The van der Waals surface area contributed by atoms with Crippen LogP contribution in [-0.2, 0) is 32.5 Å². The van der Waals surface area contributed by atoms with Crippen LogP contribution in [0.1, 0.15) is 17.1 Å². The van der Waals surface area contributed by atoms with Crippen LogP contribution in [0.5, 0.6) is 0 Å². The fourth-order valence-electron chi connectivity index (χ4n) is 3.15. The molecule has 0 atom stereocenters. The molecule has 2 aromatic heterocycles. The first-order valence-electron chi connectivity index (χ1n) is 9.04. The lowest BCUT2D eigenvalue weighted by Gasteiger charge is -2.26. The molecule has 29 heavy (non-hydrogen) atoms. The van der Waals surface area contributed by atoms with Crippen LogP contribution < -0.4 is 0 Å². The SMILES string of the molecule is O=C(C1=C(c2ccccc2)S(=O)(=O)CCO1)N(Cc1ccco1)Cc1ccco1. The fourth-order valence-corrected chi connectivity index (χ4v) is 4.58. The van der Waals surface area contributed by atoms with E-state index < -0.39 is 15.7 Å². The minimum Gasteiger partial charge on any atom is -0.486 e. The van der Waals surface area contributed by atoms with Crippen molar-refractivity contribution >= 4 is 20.6 Å². The summed E-state index contributed by atoms with van der Waals surface area (Å²) in [6, 6.07) is 15.5. The van der Waals surface area contributed by atoms with Gasteiger partial charge >= 0.3 is 0 Å². The lowest BCUT2D eigenvalue weighted by Crippen LogP contribution is -2.35. The molecule has 3 heterocycles. The zero-order valence-electron chi connectivity index (χ0n) is 15.5. The summed E-state index contributed by atoms with van der Waals surface area (Å²) in [6.07, 6.45) is 3.03. The van der Waals surface area contributed by atoms with Crippen molar-refractivity contribution < 1.29 is 26.8 Å². The van der Waals surface area contributed by atoms with Gasteiger partial charge in [-0.25, -0.2) is 8.42 Å². The Balaban J connectivity index is 1.76. The number of sulfone groups is 1. The predicted molar refractivity (Wildman–Crippen MR) is 105 cm³/mol. The Hall–Kier alpha value is -3.26. The maximum absolute atomic E-state index is 13.4. The summed E-state index contributed by atoms with van der Waals surface area (Å²) in [4.78, 5) is 14.8. The van der Waals surface area contributed by atoms with Gasteiger partial charge in [0.1, 0.15) is 23.0 Å². The maximum Gasteiger partial charge on any atom is 0.291 e. The molecule has 1 amide bonds. The first-order valence-corrected chi connectivity index (χ1v) is 10.7. The zero-order chi connectivity index (χ0) is 20.3. The average Bonchev–Trinajstić information content (AvgIpc) is 3.41. The van der Waals surface area contributed by atoms with Crippen LogP contribution in [0.25, 0.3) is 4.91 Å². The van der Waals surface area contributed by atoms with Crippen molar-refractivity contribution in [2.75, 3.05) is 12.4 Å². The van der Waals surface area contributed by atoms with Gasteiger partial charge in [-0.1, -0.05) is 30.3 Å². The van der Waals surface area contributed by atoms with E-state index in [1.165, 1.54) is 17.4 Å². The van der Waals surface area contributed by atoms with Gasteiger partial charge in [0.25, 0.3) is 5.91 Å². The van der Waals surface area contributed by atoms with Crippen molar-refractivity contribution in [1.29, 1.82) is 0 Å². The number of hydrogen-bond acceptors (Lipinski definition) is 6. The van der Waals surface area contributed by atoms with Crippen molar-refractivity contribution in [3.8, 4) is 0 Å². The van der Waals surface area contributed by atoms with Gasteiger partial charge in [-0.2, -0.15) is 0 Å². The molecule has 0 spiro atoms. The van der Waals surface area contributed by atoms with Crippen LogP contribution >= 0.6 is 0 Å². The smallest absolute Gasteiger partial charge is 0.291 e. The Morgan fingerprint density at radius 1 is 0.897 bits per heavy atom. The van der Waals surface area contributed by atoms with E-state index in [0.29, 0.717) is 17.1 Å². The third kappa shape index (κ3) is 4.12. The Morgan fingerprint density at radius 2 is 1.52 bits per heavy atom. The molecule has 0 unspecified atom stereocenters. The molecule has 1 aliphatic heterocycles. The minimum atomic E-state index is -3.67. The number of rotatable bonds is 6. The monoisotopic (exact) mass is 413 g/mol. The molecule has 7 nitrogen and oxygen atoms in total. The first kappa shape index (κ1) is 19.1. The Morgan fingerprint density at radius 3 is 2.07 bits per heavy atom. The Labute approximate surface area is 168 Å². The number of carbonyl (C=O) groups excluding carboxylic acids is 1. The molecule has 1 aromatic carbocycles. The second-order valence-corrected chi connectivity index (χ2v) is 8.56. The van der Waals surface area contributed by atoms with Crippen molar-refractivity contribution in [2.45, 2.75) is 13.1 Å². The van der Waals surface area contributed by atoms with E-state index in [-0.39, 0.29) is 36.1 Å². The van der Waals surface area contributed by atoms with Gasteiger partial charge in [0.15, 0.2) is 9.84 Å². The van der Waals surface area contributed by atoms with Crippen LogP contribution in [0.15, 0.2) is 81.7 Å². The number of furan rings is 2. The van der Waals surface area contributed by atoms with Crippen LogP contribution in [0.4, 0.5) is 0 Å². The zero-order valence-corrected chi connectivity index (χ0v) is 16.3. The second-order valence-electron chi connectivity index (χ2n) is 6.51. The van der Waals surface area contributed by atoms with Crippen LogP contribution in [0, 0.1) is 0 Å². The fraction of sp³-hybridized carbons (Fsp3) is 0.190. The Kier molecular flexibility index (Phi) is 5.26. The van der Waals surface area contributed by atoms with Gasteiger partial charge < -0.3 is 18.5 Å². The van der Waals surface area contributed by atoms with Crippen molar-refractivity contribution in [1.82, 2.24) is 4.90 Å². The van der Waals surface area contributed by atoms with Gasteiger partial charge in [0.05, 0.1) is 31.4 Å². The summed E-state index contributed by atoms with van der Waals surface area (Å²) in [5.74, 6) is 0.223. The topological polar surface area (TPSA) is 90.0 Å². The minimum absolute atomic E-state index is 0.0743. The molecule has 4 rings (SSSR count). The largest absolute Gasteiger partial charge is 0.486 e. The number of amides is 1. The standard InChI is InChI=1S/C21H19NO6S/c23-21(22(14-17-8-4-10-26-17)15-18-9-5-11-27-18)19-20(16-6-2-1-3-7-16)29(24,25)13-12-28-19/h1-11H,12-15H2. The molecule has 0 radical (unpaired) electrons. The second kappa shape index (κ2) is 8.00. The summed E-state index contributed by atoms with van der Waals surface area (Å²) < 4.78 is 42.0. The molecule has 0 fully saturated rings. The van der Waals surface area contributed by atoms with Gasteiger partial charge in [0, 0.05) is 0 Å². The number of benzene rings is 1. The Bertz CT molecular complexity index is 1060. The molecule has 0 saturated heterocycles. The van der Waals surface area contributed by atoms with E-state index in [9.17, 15) is 13.2 Å². The van der Waals surface area contributed by atoms with Crippen LogP contribution in [0.3, 0.4) is 0 Å². The van der Waals surface area contributed by atoms with Gasteiger partial charge in [0.2, 0.25) is 5.76 Å². The summed E-state index contributed by atoms with van der Waals surface area (Å²) >= 11 is 0. The highest BCUT2D eigenvalue weighted by Gasteiger charge is 2.35. The van der Waals surface area contributed by atoms with Gasteiger partial charge in [-0.15, -0.1) is 0 Å². The quantitative estimate of drug-likeness (QED) is 0.616. The van der Waals surface area contributed by atoms with Crippen LogP contribution in [0.2, 0.25) is 0 Å². The third-order valence-electron chi connectivity index (χ3n) is 4.49. The predicted octanol–water partition coefficient (Wildman–Crippen LogP) is 3.22. The normalized spacial score (nSPS) is 15.7. The number of nitrogens with zero attached hydrogens (tertiary/aromatic N) is 1. The summed E-state index contributed by atoms with van der Waals surface area (Å²) in [5.41, 5.74) is 0.423. The maximum atomic E-state index is 13.4. The molecule has 0 N–H and O–H groups in total. The van der Waals surface area contributed by atoms with Gasteiger partial charge in [-0.3, -0.25) is 4.79 Å². The van der Waals surface area contributed by atoms with E-state index in [1.54, 1.807) is 54.6 Å². The number of hydrogen-bond donors (Lipinski definition) is 0. The third-order valence-corrected chi connectivity index (χ3v) is 6.23. The molecule has 1 aliphatic rings. The molecule has 150 valence electrons. The van der Waals surface area contributed by atoms with E-state index in [4.69, 9.17) is 13.6 Å². The van der Waals surface area contributed by atoms with E-state index >= 15 is 0 Å². The highest BCUT2D eigenvalue weighted by Crippen LogP contribution is 2.31. The van der Waals surface area contributed by atoms with E-state index in [2.05, 4.69) is 0 Å². The molecular formula is C21H19NO6S. The molecule has 0 bridgehead atoms. The molecular weight excluding hydrogens is 394 g/mol. The molecule has 0 aliphatic carbocycles. The summed E-state index contributed by atoms with van der Waals surface area (Å²) in [6.45, 7) is 0.206. The lowest BCUT2D eigenvalue weighted by molar-refractivity contribution is -0.132. The summed E-state index contributed by atoms with van der Waals surface area (Å²) in [7, 11) is -3.67. The number of ether oxygens (including phenoxy) is 1. The lowest BCUT2D eigenvalue weighted by atomic mass is 10.2. The molecule has 8 heteroatoms. The van der Waals surface area contributed by atoms with Gasteiger partial charge in [-0.05, 0) is 29.8 Å². The highest BCUT2D eigenvalue weighted by atomic mass is 32.2. The van der Waals surface area contributed by atoms with Crippen LogP contribution in [-0.4, -0.2) is 31.6 Å². The summed E-state index contributed by atoms with van der Waals surface area (Å²) in [5, 5.41) is 0. The van der Waals surface area contributed by atoms with Crippen molar-refractivity contribution in [2.24, 2.45) is 0 Å². The first-order chi connectivity index (χ1) is 14.0. The van der Waals surface area contributed by atoms with Crippen molar-refractivity contribution in [3.63, 3.8) is 0 Å². The van der Waals surface area contributed by atoms with E-state index in [1.807, 2.05) is 0 Å². The van der Waals surface area contributed by atoms with Crippen molar-refractivity contribution in [3.05, 3.63) is 90.0 Å². The van der Waals surface area contributed by atoms with E-state index in [0.717, 1.165) is 0 Å². The molecule has 0 saturated carbocycles. The molecule has 3 aromatic rings. The number of carbonyl (C=O) groups is 1.